The number of carbonyl (C=O) groups excluding carboxylic acids is 1. The molecule has 1 fully saturated rings. The van der Waals surface area contributed by atoms with Crippen LogP contribution in [0, 0.1) is 12.8 Å². The molecule has 0 saturated carbocycles. The molecule has 0 aliphatic carbocycles. The van der Waals surface area contributed by atoms with Crippen molar-refractivity contribution >= 4 is 27.3 Å². The Bertz CT molecular complexity index is 1100. The summed E-state index contributed by atoms with van der Waals surface area (Å²) in [4.78, 5) is 16.8. The Kier molecular flexibility index (Phi) is 5.98. The third kappa shape index (κ3) is 4.45. The molecular weight excluding hydrogens is 424 g/mol. The highest BCUT2D eigenvalue weighted by molar-refractivity contribution is 7.91. The molecule has 0 radical (unpaired) electrons. The number of amides is 1. The summed E-state index contributed by atoms with van der Waals surface area (Å²) in [6, 6.07) is 11.1. The van der Waals surface area contributed by atoms with Crippen molar-refractivity contribution in [3.8, 4) is 11.4 Å². The molecule has 3 aromatic rings. The predicted octanol–water partition coefficient (Wildman–Crippen LogP) is 2.82. The van der Waals surface area contributed by atoms with Crippen LogP contribution in [0.5, 0.6) is 0 Å². The van der Waals surface area contributed by atoms with Crippen LogP contribution in [0.25, 0.3) is 11.4 Å². The lowest BCUT2D eigenvalue weighted by Crippen LogP contribution is -2.42. The highest BCUT2D eigenvalue weighted by atomic mass is 32.2. The lowest BCUT2D eigenvalue weighted by atomic mass is 9.97. The first-order valence-electron chi connectivity index (χ1n) is 9.64. The lowest BCUT2D eigenvalue weighted by molar-refractivity contribution is -0.126. The number of aryl methyl sites for hydroxylation is 1. The molecule has 8 nitrogen and oxygen atoms in total. The quantitative estimate of drug-likeness (QED) is 0.624. The predicted molar refractivity (Wildman–Crippen MR) is 112 cm³/mol. The monoisotopic (exact) mass is 446 g/mol. The Morgan fingerprint density at radius 2 is 1.97 bits per heavy atom. The van der Waals surface area contributed by atoms with Crippen LogP contribution in [0.15, 0.2) is 50.5 Å². The third-order valence-corrected chi connectivity index (χ3v) is 8.38. The Morgan fingerprint density at radius 3 is 2.63 bits per heavy atom. The van der Waals surface area contributed by atoms with Gasteiger partial charge in [0.25, 0.3) is 10.0 Å². The molecule has 1 saturated heterocycles. The molecule has 4 rings (SSSR count). The molecule has 0 spiro atoms. The highest BCUT2D eigenvalue weighted by Crippen LogP contribution is 2.26. The molecule has 1 amide bonds. The van der Waals surface area contributed by atoms with Crippen molar-refractivity contribution in [1.29, 1.82) is 0 Å². The smallest absolute Gasteiger partial charge is 0.252 e. The van der Waals surface area contributed by atoms with Crippen molar-refractivity contribution in [2.24, 2.45) is 5.92 Å². The molecule has 1 aromatic carbocycles. The number of hydrogen-bond acceptors (Lipinski definition) is 7. The van der Waals surface area contributed by atoms with Crippen molar-refractivity contribution in [2.75, 3.05) is 13.1 Å². The van der Waals surface area contributed by atoms with Gasteiger partial charge in [0.1, 0.15) is 4.21 Å². The van der Waals surface area contributed by atoms with Crippen LogP contribution in [-0.4, -0.2) is 41.9 Å². The van der Waals surface area contributed by atoms with E-state index in [2.05, 4.69) is 15.5 Å². The highest BCUT2D eigenvalue weighted by Gasteiger charge is 2.32. The molecule has 1 aliphatic heterocycles. The van der Waals surface area contributed by atoms with Gasteiger partial charge < -0.3 is 9.84 Å². The van der Waals surface area contributed by atoms with E-state index in [1.54, 1.807) is 17.5 Å². The fourth-order valence-electron chi connectivity index (χ4n) is 3.35. The van der Waals surface area contributed by atoms with E-state index in [9.17, 15) is 13.2 Å². The summed E-state index contributed by atoms with van der Waals surface area (Å²) in [6.45, 7) is 2.81. The van der Waals surface area contributed by atoms with Crippen LogP contribution in [0.1, 0.15) is 24.3 Å². The summed E-state index contributed by atoms with van der Waals surface area (Å²) in [7, 11) is -3.46. The van der Waals surface area contributed by atoms with Gasteiger partial charge >= 0.3 is 0 Å². The first-order chi connectivity index (χ1) is 14.4. The summed E-state index contributed by atoms with van der Waals surface area (Å²) in [6.07, 6.45) is 0.962. The minimum absolute atomic E-state index is 0.127. The number of hydrogen-bond donors (Lipinski definition) is 1. The summed E-state index contributed by atoms with van der Waals surface area (Å²) >= 11 is 1.21. The standard InChI is InChI=1S/C20H22N4O4S2/c1-14-4-6-15(7-5-14)19-22-17(28-23-19)13-21-20(25)16-8-10-24(11-9-16)30(26,27)18-3-2-12-29-18/h2-7,12,16H,8-11,13H2,1H3,(H,21,25). The number of nitrogens with zero attached hydrogens (tertiary/aromatic N) is 3. The van der Waals surface area contributed by atoms with E-state index in [1.807, 2.05) is 31.2 Å². The third-order valence-electron chi connectivity index (χ3n) is 5.11. The molecule has 0 atom stereocenters. The Balaban J connectivity index is 1.29. The summed E-state index contributed by atoms with van der Waals surface area (Å²) < 4.78 is 32.2. The van der Waals surface area contributed by atoms with E-state index in [-0.39, 0.29) is 18.4 Å². The second-order valence-corrected chi connectivity index (χ2v) is 10.3. The van der Waals surface area contributed by atoms with Gasteiger partial charge in [-0.3, -0.25) is 4.79 Å². The van der Waals surface area contributed by atoms with Crippen molar-refractivity contribution in [2.45, 2.75) is 30.5 Å². The first-order valence-corrected chi connectivity index (χ1v) is 12.0. The van der Waals surface area contributed by atoms with E-state index in [1.165, 1.54) is 15.6 Å². The second-order valence-electron chi connectivity index (χ2n) is 7.21. The Hall–Kier alpha value is -2.56. The fourth-order valence-corrected chi connectivity index (χ4v) is 5.96. The number of carbonyl (C=O) groups is 1. The first kappa shape index (κ1) is 20.7. The minimum Gasteiger partial charge on any atom is -0.347 e. The van der Waals surface area contributed by atoms with Crippen molar-refractivity contribution in [1.82, 2.24) is 19.8 Å². The number of sulfonamides is 1. The van der Waals surface area contributed by atoms with Crippen LogP contribution in [-0.2, 0) is 21.4 Å². The zero-order chi connectivity index (χ0) is 21.1. The van der Waals surface area contributed by atoms with Gasteiger partial charge in [-0.25, -0.2) is 8.42 Å². The van der Waals surface area contributed by atoms with Crippen LogP contribution >= 0.6 is 11.3 Å². The Labute approximate surface area is 179 Å². The van der Waals surface area contributed by atoms with Crippen LogP contribution in [0.4, 0.5) is 0 Å². The fraction of sp³-hybridized carbons (Fsp3) is 0.350. The summed E-state index contributed by atoms with van der Waals surface area (Å²) in [5.41, 5.74) is 1.99. The number of thiophene rings is 1. The van der Waals surface area contributed by atoms with Crippen molar-refractivity contribution < 1.29 is 17.7 Å². The lowest BCUT2D eigenvalue weighted by Gasteiger charge is -2.30. The van der Waals surface area contributed by atoms with Gasteiger partial charge in [-0.15, -0.1) is 11.3 Å². The molecule has 3 heterocycles. The normalized spacial score (nSPS) is 15.9. The second kappa shape index (κ2) is 8.66. The van der Waals surface area contributed by atoms with E-state index in [0.29, 0.717) is 41.9 Å². The van der Waals surface area contributed by atoms with E-state index in [4.69, 9.17) is 4.52 Å². The van der Waals surface area contributed by atoms with Gasteiger partial charge in [-0.2, -0.15) is 9.29 Å². The van der Waals surface area contributed by atoms with Gasteiger partial charge in [0.15, 0.2) is 0 Å². The van der Waals surface area contributed by atoms with Gasteiger partial charge in [-0.05, 0) is 31.2 Å². The van der Waals surface area contributed by atoms with E-state index in [0.717, 1.165) is 11.1 Å². The maximum absolute atomic E-state index is 12.6. The molecule has 0 unspecified atom stereocenters. The van der Waals surface area contributed by atoms with Gasteiger partial charge in [-0.1, -0.05) is 41.1 Å². The summed E-state index contributed by atoms with van der Waals surface area (Å²) in [5.74, 6) is 0.445. The van der Waals surface area contributed by atoms with Gasteiger partial charge in [0.05, 0.1) is 6.54 Å². The molecule has 10 heteroatoms. The maximum atomic E-state index is 12.6. The van der Waals surface area contributed by atoms with Crippen LogP contribution in [0.3, 0.4) is 0 Å². The van der Waals surface area contributed by atoms with E-state index >= 15 is 0 Å². The number of piperidine rings is 1. The van der Waals surface area contributed by atoms with Crippen LogP contribution < -0.4 is 5.32 Å². The largest absolute Gasteiger partial charge is 0.347 e. The molecule has 1 aliphatic rings. The molecule has 1 N–H and O–H groups in total. The number of benzene rings is 1. The van der Waals surface area contributed by atoms with Crippen LogP contribution in [0.2, 0.25) is 0 Å². The maximum Gasteiger partial charge on any atom is 0.252 e. The zero-order valence-electron chi connectivity index (χ0n) is 16.4. The SMILES string of the molecule is Cc1ccc(-c2noc(CNC(=O)C3CCN(S(=O)(=O)c4cccs4)CC3)n2)cc1. The minimum atomic E-state index is -3.46. The topological polar surface area (TPSA) is 105 Å². The molecular formula is C20H22N4O4S2. The van der Waals surface area contributed by atoms with Crippen molar-refractivity contribution in [3.05, 3.63) is 53.2 Å². The van der Waals surface area contributed by atoms with E-state index < -0.39 is 10.0 Å². The molecule has 0 bridgehead atoms. The molecule has 158 valence electrons. The van der Waals surface area contributed by atoms with Crippen molar-refractivity contribution in [3.63, 3.8) is 0 Å². The average molecular weight is 447 g/mol. The molecule has 30 heavy (non-hydrogen) atoms. The molecule has 2 aromatic heterocycles. The zero-order valence-corrected chi connectivity index (χ0v) is 18.1. The van der Waals surface area contributed by atoms with Gasteiger partial charge in [0.2, 0.25) is 17.6 Å². The average Bonchev–Trinajstić information content (AvgIpc) is 3.45. The Morgan fingerprint density at radius 1 is 1.23 bits per heavy atom. The summed E-state index contributed by atoms with van der Waals surface area (Å²) in [5, 5.41) is 8.53. The number of aromatic nitrogens is 2. The number of rotatable bonds is 6. The van der Waals surface area contributed by atoms with Gasteiger partial charge in [0, 0.05) is 24.6 Å². The number of nitrogens with one attached hydrogen (secondary N) is 1.